The van der Waals surface area contributed by atoms with Crippen LogP contribution in [0.3, 0.4) is 0 Å². The number of fused-ring (bicyclic) bond motifs is 1. The molecule has 0 aliphatic heterocycles. The van der Waals surface area contributed by atoms with Crippen LogP contribution in [0.4, 0.5) is 4.79 Å². The summed E-state index contributed by atoms with van der Waals surface area (Å²) >= 11 is 3.51. The molecule has 1 fully saturated rings. The van der Waals surface area contributed by atoms with Crippen molar-refractivity contribution in [3.05, 3.63) is 22.8 Å². The Kier molecular flexibility index (Phi) is 4.75. The normalized spacial score (nSPS) is 21.3. The van der Waals surface area contributed by atoms with Gasteiger partial charge in [0, 0.05) is 17.6 Å². The van der Waals surface area contributed by atoms with Gasteiger partial charge in [-0.15, -0.1) is 0 Å². The number of primary amides is 1. The zero-order chi connectivity index (χ0) is 16.4. The third kappa shape index (κ3) is 3.60. The lowest BCUT2D eigenvalue weighted by Crippen LogP contribution is -2.24. The van der Waals surface area contributed by atoms with Crippen LogP contribution in [0.1, 0.15) is 31.7 Å². The third-order valence-corrected chi connectivity index (χ3v) is 5.07. The van der Waals surface area contributed by atoms with Gasteiger partial charge in [-0.2, -0.15) is 5.10 Å². The lowest BCUT2D eigenvalue weighted by atomic mass is 9.86. The smallest absolute Gasteiger partial charge is 0.404 e. The first-order valence-corrected chi connectivity index (χ1v) is 8.50. The number of rotatable bonds is 4. The van der Waals surface area contributed by atoms with Crippen LogP contribution >= 0.6 is 15.9 Å². The van der Waals surface area contributed by atoms with E-state index in [0.29, 0.717) is 18.6 Å². The molecular formula is C16H20BrN3O3. The van der Waals surface area contributed by atoms with Crippen LogP contribution in [0.2, 0.25) is 0 Å². The van der Waals surface area contributed by atoms with Gasteiger partial charge in [0.25, 0.3) is 0 Å². The molecule has 2 aromatic rings. The molecule has 0 radical (unpaired) electrons. The SMILES string of the molecule is COc1cc2nn([C@H]3CC[C@@H](COC(N)=O)CC3)cc2cc1Br. The van der Waals surface area contributed by atoms with Crippen molar-refractivity contribution in [1.29, 1.82) is 0 Å². The van der Waals surface area contributed by atoms with E-state index < -0.39 is 6.09 Å². The lowest BCUT2D eigenvalue weighted by molar-refractivity contribution is 0.116. The molecule has 23 heavy (non-hydrogen) atoms. The number of benzene rings is 1. The van der Waals surface area contributed by atoms with E-state index in [1.54, 1.807) is 7.11 Å². The minimum absolute atomic E-state index is 0.386. The van der Waals surface area contributed by atoms with Crippen LogP contribution in [0.15, 0.2) is 22.8 Å². The molecule has 124 valence electrons. The predicted octanol–water partition coefficient (Wildman–Crippen LogP) is 3.63. The van der Waals surface area contributed by atoms with Crippen LogP contribution in [0, 0.1) is 5.92 Å². The number of ether oxygens (including phenoxy) is 2. The Labute approximate surface area is 143 Å². The number of carbonyl (C=O) groups excluding carboxylic acids is 1. The van der Waals surface area contributed by atoms with E-state index in [0.717, 1.165) is 46.8 Å². The molecule has 2 N–H and O–H groups in total. The highest BCUT2D eigenvalue weighted by atomic mass is 79.9. The van der Waals surface area contributed by atoms with Crippen molar-refractivity contribution in [2.24, 2.45) is 11.7 Å². The van der Waals surface area contributed by atoms with Gasteiger partial charge in [0.2, 0.25) is 0 Å². The highest BCUT2D eigenvalue weighted by Crippen LogP contribution is 2.34. The van der Waals surface area contributed by atoms with E-state index in [-0.39, 0.29) is 0 Å². The second-order valence-corrected chi connectivity index (χ2v) is 6.81. The van der Waals surface area contributed by atoms with Crippen LogP contribution in [0.5, 0.6) is 5.75 Å². The van der Waals surface area contributed by atoms with Crippen LogP contribution in [-0.2, 0) is 4.74 Å². The number of hydrogen-bond donors (Lipinski definition) is 1. The Morgan fingerprint density at radius 2 is 2.13 bits per heavy atom. The van der Waals surface area contributed by atoms with E-state index >= 15 is 0 Å². The quantitative estimate of drug-likeness (QED) is 0.876. The minimum Gasteiger partial charge on any atom is -0.495 e. The predicted molar refractivity (Wildman–Crippen MR) is 90.5 cm³/mol. The van der Waals surface area contributed by atoms with Crippen molar-refractivity contribution in [3.63, 3.8) is 0 Å². The molecule has 1 heterocycles. The standard InChI is InChI=1S/C16H20BrN3O3/c1-22-15-7-14-11(6-13(15)17)8-20(19-14)12-4-2-10(3-5-12)9-23-16(18)21/h6-8,10,12H,2-5,9H2,1H3,(H2,18,21)/t10-,12+. The topological polar surface area (TPSA) is 79.4 Å². The third-order valence-electron chi connectivity index (χ3n) is 4.45. The molecule has 1 aromatic heterocycles. The van der Waals surface area contributed by atoms with Crippen LogP contribution in [0.25, 0.3) is 10.9 Å². The summed E-state index contributed by atoms with van der Waals surface area (Å²) in [6, 6.07) is 4.36. The number of hydrogen-bond acceptors (Lipinski definition) is 4. The fourth-order valence-corrected chi connectivity index (χ4v) is 3.69. The number of aromatic nitrogens is 2. The van der Waals surface area contributed by atoms with E-state index in [1.165, 1.54) is 0 Å². The summed E-state index contributed by atoms with van der Waals surface area (Å²) in [6.45, 7) is 0.424. The van der Waals surface area contributed by atoms with Crippen molar-refractivity contribution < 1.29 is 14.3 Å². The number of nitrogens with two attached hydrogens (primary N) is 1. The molecule has 1 aliphatic carbocycles. The van der Waals surface area contributed by atoms with Crippen molar-refractivity contribution in [2.75, 3.05) is 13.7 Å². The average molecular weight is 382 g/mol. The maximum Gasteiger partial charge on any atom is 0.404 e. The Morgan fingerprint density at radius 3 is 2.78 bits per heavy atom. The Bertz CT molecular complexity index is 708. The van der Waals surface area contributed by atoms with Gasteiger partial charge in [-0.25, -0.2) is 4.79 Å². The van der Waals surface area contributed by atoms with E-state index in [2.05, 4.69) is 26.8 Å². The Morgan fingerprint density at radius 1 is 1.39 bits per heavy atom. The second-order valence-electron chi connectivity index (χ2n) is 5.96. The van der Waals surface area contributed by atoms with Gasteiger partial charge in [-0.3, -0.25) is 4.68 Å². The van der Waals surface area contributed by atoms with Crippen molar-refractivity contribution >= 4 is 32.9 Å². The van der Waals surface area contributed by atoms with Crippen LogP contribution in [-0.4, -0.2) is 29.6 Å². The van der Waals surface area contributed by atoms with Gasteiger partial charge in [0.1, 0.15) is 5.75 Å². The Hall–Kier alpha value is -1.76. The molecule has 1 amide bonds. The molecule has 6 nitrogen and oxygen atoms in total. The maximum absolute atomic E-state index is 10.7. The van der Waals surface area contributed by atoms with E-state index in [9.17, 15) is 4.79 Å². The molecule has 1 saturated carbocycles. The summed E-state index contributed by atoms with van der Waals surface area (Å²) in [5.74, 6) is 1.19. The number of nitrogens with zero attached hydrogens (tertiary/aromatic N) is 2. The highest BCUT2D eigenvalue weighted by molar-refractivity contribution is 9.10. The molecule has 0 bridgehead atoms. The van der Waals surface area contributed by atoms with Gasteiger partial charge in [0.05, 0.1) is 29.7 Å². The zero-order valence-electron chi connectivity index (χ0n) is 13.0. The molecule has 0 unspecified atom stereocenters. The fraction of sp³-hybridized carbons (Fsp3) is 0.500. The first kappa shape index (κ1) is 16.1. The second kappa shape index (κ2) is 6.78. The average Bonchev–Trinajstić information content (AvgIpc) is 2.95. The molecule has 1 aromatic carbocycles. The molecule has 0 atom stereocenters. The van der Waals surface area contributed by atoms with Crippen molar-refractivity contribution in [2.45, 2.75) is 31.7 Å². The fourth-order valence-electron chi connectivity index (χ4n) is 3.16. The monoisotopic (exact) mass is 381 g/mol. The highest BCUT2D eigenvalue weighted by Gasteiger charge is 2.24. The van der Waals surface area contributed by atoms with Gasteiger partial charge in [-0.1, -0.05) is 0 Å². The van der Waals surface area contributed by atoms with Crippen LogP contribution < -0.4 is 10.5 Å². The number of methoxy groups -OCH3 is 1. The Balaban J connectivity index is 1.68. The minimum atomic E-state index is -0.690. The molecule has 0 spiro atoms. The van der Waals surface area contributed by atoms with Gasteiger partial charge >= 0.3 is 6.09 Å². The lowest BCUT2D eigenvalue weighted by Gasteiger charge is -2.28. The summed E-state index contributed by atoms with van der Waals surface area (Å²) in [5.41, 5.74) is 5.95. The van der Waals surface area contributed by atoms with Gasteiger partial charge in [0.15, 0.2) is 0 Å². The number of halogens is 1. The first-order valence-electron chi connectivity index (χ1n) is 7.71. The molecular weight excluding hydrogens is 362 g/mol. The largest absolute Gasteiger partial charge is 0.495 e. The van der Waals surface area contributed by atoms with E-state index in [1.807, 2.05) is 12.1 Å². The first-order chi connectivity index (χ1) is 11.1. The van der Waals surface area contributed by atoms with Crippen molar-refractivity contribution in [3.8, 4) is 5.75 Å². The molecule has 1 aliphatic rings. The summed E-state index contributed by atoms with van der Waals surface area (Å²) in [5, 5.41) is 5.79. The number of carbonyl (C=O) groups is 1. The zero-order valence-corrected chi connectivity index (χ0v) is 14.6. The van der Waals surface area contributed by atoms with Gasteiger partial charge < -0.3 is 15.2 Å². The van der Waals surface area contributed by atoms with Crippen molar-refractivity contribution in [1.82, 2.24) is 9.78 Å². The molecule has 7 heteroatoms. The number of amides is 1. The summed E-state index contributed by atoms with van der Waals surface area (Å²) in [4.78, 5) is 10.7. The summed E-state index contributed by atoms with van der Waals surface area (Å²) < 4.78 is 13.2. The maximum atomic E-state index is 10.7. The van der Waals surface area contributed by atoms with Gasteiger partial charge in [-0.05, 0) is 53.6 Å². The molecule has 3 rings (SSSR count). The summed E-state index contributed by atoms with van der Waals surface area (Å²) in [7, 11) is 1.65. The summed E-state index contributed by atoms with van der Waals surface area (Å²) in [6.07, 6.45) is 5.48. The molecule has 0 saturated heterocycles. The van der Waals surface area contributed by atoms with E-state index in [4.69, 9.17) is 20.3 Å².